The van der Waals surface area contributed by atoms with Gasteiger partial charge in [-0.25, -0.2) is 4.79 Å². The average Bonchev–Trinajstić information content (AvgIpc) is 2.62. The van der Waals surface area contributed by atoms with Crippen molar-refractivity contribution in [2.45, 2.75) is 6.61 Å². The van der Waals surface area contributed by atoms with E-state index in [4.69, 9.17) is 4.74 Å². The van der Waals surface area contributed by atoms with Crippen LogP contribution in [0.25, 0.3) is 0 Å². The number of esters is 1. The van der Waals surface area contributed by atoms with Gasteiger partial charge in [0.15, 0.2) is 0 Å². The van der Waals surface area contributed by atoms with Crippen molar-refractivity contribution in [3.63, 3.8) is 0 Å². The van der Waals surface area contributed by atoms with Crippen LogP contribution in [0, 0.1) is 0 Å². The number of hydrogen-bond donors (Lipinski definition) is 1. The van der Waals surface area contributed by atoms with Gasteiger partial charge in [-0.2, -0.15) is 0 Å². The van der Waals surface area contributed by atoms with Crippen molar-refractivity contribution < 1.29 is 14.3 Å². The van der Waals surface area contributed by atoms with Crippen LogP contribution in [0.1, 0.15) is 15.9 Å². The summed E-state index contributed by atoms with van der Waals surface area (Å²) < 4.78 is 4.86. The van der Waals surface area contributed by atoms with Crippen LogP contribution in [0.2, 0.25) is 0 Å². The zero-order valence-corrected chi connectivity index (χ0v) is 7.95. The van der Waals surface area contributed by atoms with Crippen LogP contribution in [0.4, 0.5) is 5.69 Å². The molecule has 2 rings (SSSR count). The van der Waals surface area contributed by atoms with Crippen molar-refractivity contribution in [1.82, 2.24) is 0 Å². The van der Waals surface area contributed by atoms with Crippen molar-refractivity contribution in [3.8, 4) is 0 Å². The lowest BCUT2D eigenvalue weighted by Gasteiger charge is -2.05. The maximum Gasteiger partial charge on any atom is 0.338 e. The number of ether oxygens (including phenoxy) is 1. The first-order valence-corrected chi connectivity index (χ1v) is 4.45. The first kappa shape index (κ1) is 9.45. The van der Waals surface area contributed by atoms with Gasteiger partial charge in [-0.15, -0.1) is 0 Å². The zero-order valence-electron chi connectivity index (χ0n) is 7.95. The molecular formula is C11H9NO3. The van der Waals surface area contributed by atoms with Gasteiger partial charge >= 0.3 is 5.97 Å². The van der Waals surface area contributed by atoms with Crippen molar-refractivity contribution in [3.05, 3.63) is 42.0 Å². The lowest BCUT2D eigenvalue weighted by Crippen LogP contribution is -2.09. The Bertz CT molecular complexity index is 451. The van der Waals surface area contributed by atoms with E-state index in [9.17, 15) is 9.59 Å². The molecule has 1 aliphatic rings. The number of amides is 1. The van der Waals surface area contributed by atoms with E-state index in [1.807, 2.05) is 0 Å². The van der Waals surface area contributed by atoms with Crippen LogP contribution in [0.15, 0.2) is 30.9 Å². The van der Waals surface area contributed by atoms with E-state index in [-0.39, 0.29) is 18.5 Å². The van der Waals surface area contributed by atoms with Gasteiger partial charge in [0, 0.05) is 11.3 Å². The minimum Gasteiger partial charge on any atom is -0.457 e. The third kappa shape index (κ3) is 1.61. The lowest BCUT2D eigenvalue weighted by molar-refractivity contribution is -0.111. The average molecular weight is 203 g/mol. The van der Waals surface area contributed by atoms with Gasteiger partial charge < -0.3 is 10.1 Å². The second kappa shape index (κ2) is 3.57. The summed E-state index contributed by atoms with van der Waals surface area (Å²) in [6.45, 7) is 3.57. The molecule has 4 nitrogen and oxygen atoms in total. The third-order valence-electron chi connectivity index (χ3n) is 2.19. The fraction of sp³-hybridized carbons (Fsp3) is 0.0909. The number of anilines is 1. The highest BCUT2D eigenvalue weighted by atomic mass is 16.5. The van der Waals surface area contributed by atoms with Crippen LogP contribution < -0.4 is 5.32 Å². The van der Waals surface area contributed by atoms with Gasteiger partial charge in [0.2, 0.25) is 5.91 Å². The van der Waals surface area contributed by atoms with Crippen LogP contribution in [0.3, 0.4) is 0 Å². The number of benzene rings is 1. The Labute approximate surface area is 86.5 Å². The van der Waals surface area contributed by atoms with Crippen molar-refractivity contribution in [2.24, 2.45) is 0 Å². The van der Waals surface area contributed by atoms with Crippen LogP contribution in [-0.2, 0) is 16.1 Å². The molecule has 0 aliphatic carbocycles. The van der Waals surface area contributed by atoms with Crippen LogP contribution in [0.5, 0.6) is 0 Å². The Morgan fingerprint density at radius 2 is 2.33 bits per heavy atom. The number of cyclic esters (lactones) is 1. The molecule has 1 aromatic carbocycles. The number of carbonyl (C=O) groups is 2. The quantitative estimate of drug-likeness (QED) is 0.585. The molecule has 0 atom stereocenters. The third-order valence-corrected chi connectivity index (χ3v) is 2.19. The fourth-order valence-electron chi connectivity index (χ4n) is 1.45. The number of hydrogen-bond acceptors (Lipinski definition) is 3. The molecule has 1 amide bonds. The van der Waals surface area contributed by atoms with E-state index in [0.717, 1.165) is 5.56 Å². The summed E-state index contributed by atoms with van der Waals surface area (Å²) in [5.74, 6) is -0.651. The Hall–Kier alpha value is -2.10. The van der Waals surface area contributed by atoms with E-state index in [0.29, 0.717) is 11.3 Å². The predicted octanol–water partition coefficient (Wildman–Crippen LogP) is 1.48. The second-order valence-electron chi connectivity index (χ2n) is 3.10. The molecule has 0 unspecified atom stereocenters. The molecule has 0 aromatic heterocycles. The molecule has 0 fully saturated rings. The molecule has 76 valence electrons. The Morgan fingerprint density at radius 3 is 3.07 bits per heavy atom. The molecule has 0 spiro atoms. The Kier molecular flexibility index (Phi) is 2.25. The summed E-state index contributed by atoms with van der Waals surface area (Å²) in [6.07, 6.45) is 1.18. The van der Waals surface area contributed by atoms with Crippen molar-refractivity contribution in [1.29, 1.82) is 0 Å². The fourth-order valence-corrected chi connectivity index (χ4v) is 1.45. The SMILES string of the molecule is C=CC(=O)Nc1cccc2c1COC2=O. The molecule has 1 aromatic rings. The maximum absolute atomic E-state index is 11.2. The summed E-state index contributed by atoms with van der Waals surface area (Å²) in [5, 5.41) is 2.62. The molecule has 0 bridgehead atoms. The zero-order chi connectivity index (χ0) is 10.8. The Morgan fingerprint density at radius 1 is 1.53 bits per heavy atom. The largest absolute Gasteiger partial charge is 0.457 e. The van der Waals surface area contributed by atoms with E-state index >= 15 is 0 Å². The van der Waals surface area contributed by atoms with E-state index in [1.165, 1.54) is 6.08 Å². The smallest absolute Gasteiger partial charge is 0.338 e. The highest BCUT2D eigenvalue weighted by Gasteiger charge is 2.23. The summed E-state index contributed by atoms with van der Waals surface area (Å²) in [7, 11) is 0. The maximum atomic E-state index is 11.2. The number of fused-ring (bicyclic) bond motifs is 1. The number of carbonyl (C=O) groups excluding carboxylic acids is 2. The highest BCUT2D eigenvalue weighted by molar-refractivity contribution is 6.02. The first-order chi connectivity index (χ1) is 7.22. The summed E-state index contributed by atoms with van der Waals surface area (Å²) in [5.41, 5.74) is 1.83. The molecule has 0 saturated carbocycles. The summed E-state index contributed by atoms with van der Waals surface area (Å²) in [4.78, 5) is 22.3. The minimum absolute atomic E-state index is 0.210. The number of rotatable bonds is 2. The van der Waals surface area contributed by atoms with E-state index < -0.39 is 0 Å². The van der Waals surface area contributed by atoms with Gasteiger partial charge in [-0.1, -0.05) is 12.6 Å². The standard InChI is InChI=1S/C11H9NO3/c1-2-10(13)12-9-5-3-4-7-8(9)6-15-11(7)14/h2-5H,1,6H2,(H,12,13). The molecule has 4 heteroatoms. The first-order valence-electron chi connectivity index (χ1n) is 4.45. The topological polar surface area (TPSA) is 55.4 Å². The van der Waals surface area contributed by atoms with Gasteiger partial charge in [-0.3, -0.25) is 4.79 Å². The van der Waals surface area contributed by atoms with Crippen molar-refractivity contribution in [2.75, 3.05) is 5.32 Å². The normalized spacial score (nSPS) is 12.9. The summed E-state index contributed by atoms with van der Waals surface area (Å²) >= 11 is 0. The monoisotopic (exact) mass is 203 g/mol. The highest BCUT2D eigenvalue weighted by Crippen LogP contribution is 2.26. The van der Waals surface area contributed by atoms with Crippen molar-refractivity contribution >= 4 is 17.6 Å². The second-order valence-corrected chi connectivity index (χ2v) is 3.10. The molecular weight excluding hydrogens is 194 g/mol. The molecule has 1 heterocycles. The Balaban J connectivity index is 2.38. The van der Waals surface area contributed by atoms with E-state index in [2.05, 4.69) is 11.9 Å². The van der Waals surface area contributed by atoms with Gasteiger partial charge in [0.25, 0.3) is 0 Å². The van der Waals surface area contributed by atoms with Gasteiger partial charge in [-0.05, 0) is 18.2 Å². The predicted molar refractivity (Wildman–Crippen MR) is 54.4 cm³/mol. The molecule has 0 saturated heterocycles. The van der Waals surface area contributed by atoms with Crippen LogP contribution in [-0.4, -0.2) is 11.9 Å². The molecule has 1 aliphatic heterocycles. The molecule has 15 heavy (non-hydrogen) atoms. The van der Waals surface area contributed by atoms with Gasteiger partial charge in [0.05, 0.1) is 5.56 Å². The van der Waals surface area contributed by atoms with Gasteiger partial charge in [0.1, 0.15) is 6.61 Å². The van der Waals surface area contributed by atoms with E-state index in [1.54, 1.807) is 18.2 Å². The number of nitrogens with one attached hydrogen (secondary N) is 1. The molecule has 1 N–H and O–H groups in total. The molecule has 0 radical (unpaired) electrons. The summed E-state index contributed by atoms with van der Waals surface area (Å²) in [6, 6.07) is 5.10. The lowest BCUT2D eigenvalue weighted by atomic mass is 10.1. The minimum atomic E-state index is -0.347. The van der Waals surface area contributed by atoms with Crippen LogP contribution >= 0.6 is 0 Å².